The molecule has 2 aliphatic rings. The molecule has 0 bridgehead atoms. The molecule has 0 aliphatic carbocycles. The Kier molecular flexibility index (Phi) is 7.48. The number of anilines is 3. The molecule has 7 aromatic rings. The Morgan fingerprint density at radius 1 is 0.780 bits per heavy atom. The number of carbonyl (C=O) groups excluding carboxylic acids is 1. The van der Waals surface area contributed by atoms with Crippen molar-refractivity contribution in [2.45, 2.75) is 6.04 Å². The van der Waals surface area contributed by atoms with E-state index in [0.29, 0.717) is 46.3 Å². The van der Waals surface area contributed by atoms with Crippen LogP contribution in [0.3, 0.4) is 0 Å². The number of imidazole rings is 1. The largest absolute Gasteiger partial charge is 0.351 e. The zero-order valence-electron chi connectivity index (χ0n) is 26.6. The monoisotopic (exact) mass is 697 g/mol. The van der Waals surface area contributed by atoms with Crippen molar-refractivity contribution in [3.8, 4) is 22.5 Å². The number of amides is 1. The molecule has 12 heteroatoms. The predicted molar refractivity (Wildman–Crippen MR) is 197 cm³/mol. The van der Waals surface area contributed by atoms with E-state index in [1.165, 1.54) is 0 Å². The molecule has 1 fully saturated rings. The summed E-state index contributed by atoms with van der Waals surface area (Å²) in [5.74, 6) is 1.13. The molecule has 0 spiro atoms. The second-order valence-electron chi connectivity index (χ2n) is 12.3. The van der Waals surface area contributed by atoms with E-state index in [9.17, 15) is 4.79 Å². The fourth-order valence-electron chi connectivity index (χ4n) is 7.20. The fraction of sp³-hybridized carbons (Fsp3) is 0.132. The van der Waals surface area contributed by atoms with Crippen molar-refractivity contribution in [3.63, 3.8) is 0 Å². The lowest BCUT2D eigenvalue weighted by Gasteiger charge is -2.36. The first-order valence-corrected chi connectivity index (χ1v) is 17.1. The van der Waals surface area contributed by atoms with Crippen molar-refractivity contribution in [1.82, 2.24) is 29.5 Å². The second kappa shape index (κ2) is 12.3. The summed E-state index contributed by atoms with van der Waals surface area (Å²) in [5, 5.41) is 5.34. The molecule has 246 valence electrons. The van der Waals surface area contributed by atoms with E-state index in [0.717, 1.165) is 57.6 Å². The lowest BCUT2D eigenvalue weighted by molar-refractivity contribution is 0.102. The lowest BCUT2D eigenvalue weighted by atomic mass is 9.88. The quantitative estimate of drug-likeness (QED) is 0.183. The second-order valence-corrected chi connectivity index (χ2v) is 13.2. The van der Waals surface area contributed by atoms with Gasteiger partial charge in [-0.05, 0) is 53.6 Å². The highest BCUT2D eigenvalue weighted by atomic mass is 35.5. The van der Waals surface area contributed by atoms with Gasteiger partial charge in [-0.15, -0.1) is 0 Å². The molecule has 0 saturated carbocycles. The first-order chi connectivity index (χ1) is 24.5. The van der Waals surface area contributed by atoms with E-state index < -0.39 is 0 Å². The van der Waals surface area contributed by atoms with Crippen molar-refractivity contribution in [2.75, 3.05) is 41.3 Å². The average Bonchev–Trinajstić information content (AvgIpc) is 3.76. The van der Waals surface area contributed by atoms with Crippen LogP contribution in [0.15, 0.2) is 110 Å². The summed E-state index contributed by atoms with van der Waals surface area (Å²) in [6.45, 7) is 2.85. The van der Waals surface area contributed by atoms with E-state index >= 15 is 0 Å². The first-order valence-electron chi connectivity index (χ1n) is 16.3. The van der Waals surface area contributed by atoms with Crippen LogP contribution in [-0.2, 0) is 0 Å². The minimum absolute atomic E-state index is 0.252. The summed E-state index contributed by atoms with van der Waals surface area (Å²) >= 11 is 13.1. The minimum Gasteiger partial charge on any atom is -0.351 e. The van der Waals surface area contributed by atoms with Crippen LogP contribution in [0, 0.1) is 0 Å². The zero-order valence-corrected chi connectivity index (χ0v) is 28.1. The standard InChI is InChI=1S/C38H29Cl2N9O/c39-25-11-9-24(10-12-25)34-27-20-26(40)21-29-30(27)31(35-32(44-22-49(34)35)23-6-2-1-3-7-23)33(45-29)37(50)46-28-8-4-13-41-36(28)47-16-18-48(19-17-47)38-42-14-5-15-43-38/h1-15,20-22,34,45H,16-19H2,(H,46,50). The van der Waals surface area contributed by atoms with Gasteiger partial charge in [0.25, 0.3) is 5.91 Å². The summed E-state index contributed by atoms with van der Waals surface area (Å²) in [5.41, 5.74) is 7.13. The highest BCUT2D eigenvalue weighted by Crippen LogP contribution is 2.50. The van der Waals surface area contributed by atoms with Crippen molar-refractivity contribution in [3.05, 3.63) is 137 Å². The topological polar surface area (TPSA) is 108 Å². The normalized spacial score (nSPS) is 15.3. The van der Waals surface area contributed by atoms with E-state index in [-0.39, 0.29) is 11.9 Å². The van der Waals surface area contributed by atoms with Crippen molar-refractivity contribution in [2.24, 2.45) is 0 Å². The van der Waals surface area contributed by atoms with Gasteiger partial charge < -0.3 is 24.7 Å². The van der Waals surface area contributed by atoms with Gasteiger partial charge in [0.05, 0.1) is 29.4 Å². The average molecular weight is 699 g/mol. The van der Waals surface area contributed by atoms with Crippen molar-refractivity contribution in [1.29, 1.82) is 0 Å². The number of aromatic nitrogens is 6. The molecule has 2 aliphatic heterocycles. The number of hydrogen-bond acceptors (Lipinski definition) is 7. The zero-order chi connectivity index (χ0) is 33.8. The summed E-state index contributed by atoms with van der Waals surface area (Å²) in [6.07, 6.45) is 7.10. The van der Waals surface area contributed by atoms with Crippen LogP contribution in [0.25, 0.3) is 33.4 Å². The molecule has 50 heavy (non-hydrogen) atoms. The van der Waals surface area contributed by atoms with Crippen molar-refractivity contribution >= 4 is 57.5 Å². The molecule has 1 unspecified atom stereocenters. The molecule has 6 heterocycles. The maximum atomic E-state index is 14.5. The molecule has 4 aromatic heterocycles. The van der Waals surface area contributed by atoms with Gasteiger partial charge in [-0.1, -0.05) is 65.7 Å². The number of hydrogen-bond donors (Lipinski definition) is 2. The molecule has 0 radical (unpaired) electrons. The smallest absolute Gasteiger partial charge is 0.272 e. The van der Waals surface area contributed by atoms with Gasteiger partial charge in [0.2, 0.25) is 5.95 Å². The number of aromatic amines is 1. The van der Waals surface area contributed by atoms with Crippen molar-refractivity contribution < 1.29 is 4.79 Å². The number of benzene rings is 3. The molecule has 2 N–H and O–H groups in total. The first kappa shape index (κ1) is 30.4. The number of nitrogens with one attached hydrogen (secondary N) is 2. The third-order valence-corrected chi connectivity index (χ3v) is 9.88. The van der Waals surface area contributed by atoms with Gasteiger partial charge in [-0.3, -0.25) is 4.79 Å². The molecule has 1 amide bonds. The Hall–Kier alpha value is -5.71. The van der Waals surface area contributed by atoms with E-state index in [1.807, 2.05) is 91.3 Å². The molecule has 10 nitrogen and oxygen atoms in total. The van der Waals surface area contributed by atoms with Crippen LogP contribution in [0.2, 0.25) is 10.0 Å². The summed E-state index contributed by atoms with van der Waals surface area (Å²) in [4.78, 5) is 40.8. The van der Waals surface area contributed by atoms with Crippen LogP contribution in [-0.4, -0.2) is 61.6 Å². The number of carbonyl (C=O) groups is 1. The fourth-order valence-corrected chi connectivity index (χ4v) is 7.55. The number of pyridine rings is 1. The Labute approximate surface area is 297 Å². The highest BCUT2D eigenvalue weighted by molar-refractivity contribution is 6.32. The number of fused-ring (bicyclic) bond motifs is 2. The predicted octanol–water partition coefficient (Wildman–Crippen LogP) is 7.72. The number of H-pyrrole nitrogens is 1. The van der Waals surface area contributed by atoms with Crippen LogP contribution < -0.4 is 15.1 Å². The van der Waals surface area contributed by atoms with Gasteiger partial charge in [0.15, 0.2) is 5.82 Å². The number of rotatable bonds is 6. The van der Waals surface area contributed by atoms with Crippen LogP contribution in [0.5, 0.6) is 0 Å². The Morgan fingerprint density at radius 2 is 1.52 bits per heavy atom. The third-order valence-electron chi connectivity index (χ3n) is 9.41. The number of piperazine rings is 1. The number of nitrogens with zero attached hydrogens (tertiary/aromatic N) is 7. The Morgan fingerprint density at radius 3 is 2.30 bits per heavy atom. The maximum absolute atomic E-state index is 14.5. The number of halogens is 2. The van der Waals surface area contributed by atoms with Crippen LogP contribution >= 0.6 is 23.2 Å². The summed E-state index contributed by atoms with van der Waals surface area (Å²) in [6, 6.07) is 27.0. The van der Waals surface area contributed by atoms with E-state index in [2.05, 4.69) is 34.6 Å². The maximum Gasteiger partial charge on any atom is 0.272 e. The van der Waals surface area contributed by atoms with Gasteiger partial charge in [-0.25, -0.2) is 19.9 Å². The third kappa shape index (κ3) is 5.15. The minimum atomic E-state index is -0.291. The molecular formula is C38H29Cl2N9O. The highest BCUT2D eigenvalue weighted by Gasteiger charge is 2.36. The Bertz CT molecular complexity index is 2370. The van der Waals surface area contributed by atoms with Crippen LogP contribution in [0.1, 0.15) is 27.7 Å². The van der Waals surface area contributed by atoms with Crippen LogP contribution in [0.4, 0.5) is 17.5 Å². The molecule has 3 aromatic carbocycles. The Balaban J connectivity index is 1.14. The molecule has 1 saturated heterocycles. The lowest BCUT2D eigenvalue weighted by Crippen LogP contribution is -2.47. The van der Waals surface area contributed by atoms with Gasteiger partial charge in [0, 0.05) is 76.8 Å². The molecule has 9 rings (SSSR count). The van der Waals surface area contributed by atoms with E-state index in [1.54, 1.807) is 18.6 Å². The van der Waals surface area contributed by atoms with Gasteiger partial charge >= 0.3 is 0 Å². The van der Waals surface area contributed by atoms with Gasteiger partial charge in [-0.2, -0.15) is 0 Å². The summed E-state index contributed by atoms with van der Waals surface area (Å²) < 4.78 is 2.13. The SMILES string of the molecule is O=C(Nc1cccnc1N1CCN(c2ncccn2)CC1)c1[nH]c2cc(Cl)cc3c2c1-c1c(-c2ccccc2)ncn1C3c1ccc(Cl)cc1. The molecular weight excluding hydrogens is 669 g/mol. The van der Waals surface area contributed by atoms with E-state index in [4.69, 9.17) is 33.2 Å². The molecule has 1 atom stereocenters. The summed E-state index contributed by atoms with van der Waals surface area (Å²) in [7, 11) is 0. The van der Waals surface area contributed by atoms with Gasteiger partial charge in [0.1, 0.15) is 5.69 Å².